The molecular weight excluding hydrogens is 332 g/mol. The molecule has 0 heterocycles. The molecule has 102 valence electrons. The van der Waals surface area contributed by atoms with Gasteiger partial charge in [-0.05, 0) is 24.3 Å². The van der Waals surface area contributed by atoms with Crippen LogP contribution >= 0.6 is 15.9 Å². The molecule has 0 aliphatic carbocycles. The van der Waals surface area contributed by atoms with Crippen LogP contribution in [0.1, 0.15) is 0 Å². The standard InChI is InChI=1S/C12H7BrN2O5/c13-8-2-1-3-10(6-8)20-12-5-4-9(14(16)17)7-11(12)15(18)19/h1-7H. The van der Waals surface area contributed by atoms with Crippen molar-refractivity contribution >= 4 is 27.3 Å². The van der Waals surface area contributed by atoms with Crippen molar-refractivity contribution in [2.75, 3.05) is 0 Å². The Kier molecular flexibility index (Phi) is 3.94. The highest BCUT2D eigenvalue weighted by Crippen LogP contribution is 2.34. The van der Waals surface area contributed by atoms with Crippen molar-refractivity contribution in [3.8, 4) is 11.5 Å². The minimum absolute atomic E-state index is 0.0568. The zero-order valence-electron chi connectivity index (χ0n) is 9.86. The van der Waals surface area contributed by atoms with Crippen LogP contribution in [0.2, 0.25) is 0 Å². The summed E-state index contributed by atoms with van der Waals surface area (Å²) in [4.78, 5) is 20.2. The van der Waals surface area contributed by atoms with Gasteiger partial charge in [0.25, 0.3) is 5.69 Å². The number of ether oxygens (including phenoxy) is 1. The number of non-ortho nitro benzene ring substituents is 1. The van der Waals surface area contributed by atoms with Crippen LogP contribution < -0.4 is 4.74 Å². The van der Waals surface area contributed by atoms with Crippen LogP contribution in [-0.4, -0.2) is 9.85 Å². The fraction of sp³-hybridized carbons (Fsp3) is 0. The topological polar surface area (TPSA) is 95.5 Å². The maximum Gasteiger partial charge on any atom is 0.318 e. The van der Waals surface area contributed by atoms with Crippen LogP contribution in [0.4, 0.5) is 11.4 Å². The van der Waals surface area contributed by atoms with Gasteiger partial charge in [0, 0.05) is 10.5 Å². The molecule has 0 N–H and O–H groups in total. The minimum atomic E-state index is -0.722. The highest BCUT2D eigenvalue weighted by molar-refractivity contribution is 9.10. The maximum atomic E-state index is 10.9. The summed E-state index contributed by atoms with van der Waals surface area (Å²) in [6.07, 6.45) is 0. The SMILES string of the molecule is O=[N+]([O-])c1ccc(Oc2cccc(Br)c2)c([N+](=O)[O-])c1. The van der Waals surface area contributed by atoms with Crippen LogP contribution in [0.15, 0.2) is 46.9 Å². The molecule has 2 rings (SSSR count). The van der Waals surface area contributed by atoms with Crippen molar-refractivity contribution in [2.45, 2.75) is 0 Å². The van der Waals surface area contributed by atoms with E-state index in [1.165, 1.54) is 6.07 Å². The monoisotopic (exact) mass is 338 g/mol. The maximum absolute atomic E-state index is 10.9. The van der Waals surface area contributed by atoms with Gasteiger partial charge >= 0.3 is 5.69 Å². The quantitative estimate of drug-likeness (QED) is 0.618. The Labute approximate surface area is 121 Å². The first kappa shape index (κ1) is 13.9. The normalized spacial score (nSPS) is 10.1. The Hall–Kier alpha value is -2.48. The summed E-state index contributed by atoms with van der Waals surface area (Å²) in [7, 11) is 0. The molecule has 0 atom stereocenters. The van der Waals surface area contributed by atoms with Crippen molar-refractivity contribution in [3.63, 3.8) is 0 Å². The Balaban J connectivity index is 2.41. The fourth-order valence-electron chi connectivity index (χ4n) is 1.51. The van der Waals surface area contributed by atoms with Crippen molar-refractivity contribution in [2.24, 2.45) is 0 Å². The van der Waals surface area contributed by atoms with Crippen LogP contribution in [0.5, 0.6) is 11.5 Å². The number of hydrogen-bond acceptors (Lipinski definition) is 5. The molecule has 0 saturated carbocycles. The first-order chi connectivity index (χ1) is 9.47. The summed E-state index contributed by atoms with van der Waals surface area (Å²) in [5.41, 5.74) is -0.822. The third kappa shape index (κ3) is 3.09. The van der Waals surface area contributed by atoms with E-state index >= 15 is 0 Å². The van der Waals surface area contributed by atoms with E-state index in [1.807, 2.05) is 0 Å². The highest BCUT2D eigenvalue weighted by atomic mass is 79.9. The van der Waals surface area contributed by atoms with E-state index in [0.29, 0.717) is 5.75 Å². The molecule has 0 fully saturated rings. The van der Waals surface area contributed by atoms with Crippen LogP contribution in [0, 0.1) is 20.2 Å². The molecule has 2 aromatic rings. The number of halogens is 1. The van der Waals surface area contributed by atoms with Gasteiger partial charge in [-0.3, -0.25) is 20.2 Å². The minimum Gasteiger partial charge on any atom is -0.450 e. The second kappa shape index (κ2) is 5.66. The molecule has 0 aliphatic rings. The molecular formula is C12H7BrN2O5. The molecule has 2 aromatic carbocycles. The summed E-state index contributed by atoms with van der Waals surface area (Å²) in [6.45, 7) is 0. The number of benzene rings is 2. The van der Waals surface area contributed by atoms with Gasteiger partial charge in [0.2, 0.25) is 5.75 Å². The van der Waals surface area contributed by atoms with E-state index in [-0.39, 0.29) is 11.4 Å². The Morgan fingerprint density at radius 1 is 1.00 bits per heavy atom. The molecule has 0 spiro atoms. The smallest absolute Gasteiger partial charge is 0.318 e. The highest BCUT2D eigenvalue weighted by Gasteiger charge is 2.21. The lowest BCUT2D eigenvalue weighted by atomic mass is 10.2. The second-order valence-corrected chi connectivity index (χ2v) is 4.64. The van der Waals surface area contributed by atoms with Crippen molar-refractivity contribution < 1.29 is 14.6 Å². The lowest BCUT2D eigenvalue weighted by molar-refractivity contribution is -0.394. The summed E-state index contributed by atoms with van der Waals surface area (Å²) < 4.78 is 6.14. The average Bonchev–Trinajstić information content (AvgIpc) is 2.38. The number of nitro groups is 2. The molecule has 0 amide bonds. The molecule has 0 radical (unpaired) electrons. The predicted octanol–water partition coefficient (Wildman–Crippen LogP) is 4.06. The molecule has 8 heteroatoms. The Morgan fingerprint density at radius 3 is 2.35 bits per heavy atom. The molecule has 7 nitrogen and oxygen atoms in total. The van der Waals surface area contributed by atoms with E-state index < -0.39 is 15.5 Å². The Morgan fingerprint density at radius 2 is 1.75 bits per heavy atom. The number of rotatable bonds is 4. The largest absolute Gasteiger partial charge is 0.450 e. The van der Waals surface area contributed by atoms with Gasteiger partial charge in [-0.15, -0.1) is 0 Å². The summed E-state index contributed by atoms with van der Waals surface area (Å²) in [6, 6.07) is 9.96. The molecule has 0 unspecified atom stereocenters. The van der Waals surface area contributed by atoms with Gasteiger partial charge in [0.15, 0.2) is 0 Å². The lowest BCUT2D eigenvalue weighted by Gasteiger charge is -2.06. The molecule has 0 aromatic heterocycles. The number of hydrogen-bond donors (Lipinski definition) is 0. The van der Waals surface area contributed by atoms with Crippen LogP contribution in [-0.2, 0) is 0 Å². The predicted molar refractivity (Wildman–Crippen MR) is 74.0 cm³/mol. The first-order valence-electron chi connectivity index (χ1n) is 5.33. The summed E-state index contributed by atoms with van der Waals surface area (Å²) in [5, 5.41) is 21.6. The van der Waals surface area contributed by atoms with E-state index in [9.17, 15) is 20.2 Å². The molecule has 0 saturated heterocycles. The van der Waals surface area contributed by atoms with E-state index in [2.05, 4.69) is 15.9 Å². The third-order valence-electron chi connectivity index (χ3n) is 2.37. The van der Waals surface area contributed by atoms with E-state index in [1.54, 1.807) is 24.3 Å². The van der Waals surface area contributed by atoms with Crippen LogP contribution in [0.3, 0.4) is 0 Å². The number of nitrogens with zero attached hydrogens (tertiary/aromatic N) is 2. The summed E-state index contributed by atoms with van der Waals surface area (Å²) in [5.74, 6) is 0.329. The number of nitro benzene ring substituents is 2. The fourth-order valence-corrected chi connectivity index (χ4v) is 1.88. The third-order valence-corrected chi connectivity index (χ3v) is 2.87. The molecule has 20 heavy (non-hydrogen) atoms. The van der Waals surface area contributed by atoms with Gasteiger partial charge in [0.05, 0.1) is 15.9 Å². The summed E-state index contributed by atoms with van der Waals surface area (Å²) >= 11 is 3.25. The van der Waals surface area contributed by atoms with Crippen molar-refractivity contribution in [3.05, 3.63) is 67.2 Å². The van der Waals surface area contributed by atoms with Gasteiger partial charge in [-0.1, -0.05) is 22.0 Å². The van der Waals surface area contributed by atoms with Gasteiger partial charge in [-0.25, -0.2) is 0 Å². The van der Waals surface area contributed by atoms with Gasteiger partial charge in [0.1, 0.15) is 5.75 Å². The average molecular weight is 339 g/mol. The zero-order valence-corrected chi connectivity index (χ0v) is 11.4. The van der Waals surface area contributed by atoms with Crippen LogP contribution in [0.25, 0.3) is 0 Å². The zero-order chi connectivity index (χ0) is 14.7. The van der Waals surface area contributed by atoms with E-state index in [4.69, 9.17) is 4.74 Å². The lowest BCUT2D eigenvalue weighted by Crippen LogP contribution is -1.96. The second-order valence-electron chi connectivity index (χ2n) is 3.73. The van der Waals surface area contributed by atoms with Crippen molar-refractivity contribution in [1.82, 2.24) is 0 Å². The Bertz CT molecular complexity index is 689. The molecule has 0 aliphatic heterocycles. The van der Waals surface area contributed by atoms with E-state index in [0.717, 1.165) is 16.6 Å². The molecule has 0 bridgehead atoms. The van der Waals surface area contributed by atoms with Gasteiger partial charge in [-0.2, -0.15) is 0 Å². The van der Waals surface area contributed by atoms with Crippen molar-refractivity contribution in [1.29, 1.82) is 0 Å². The first-order valence-corrected chi connectivity index (χ1v) is 6.13. The van der Waals surface area contributed by atoms with Gasteiger partial charge < -0.3 is 4.74 Å².